The highest BCUT2D eigenvalue weighted by Crippen LogP contribution is 2.67. The van der Waals surface area contributed by atoms with Gasteiger partial charge in [-0.3, -0.25) is 0 Å². The number of rotatable bonds is 5. The van der Waals surface area contributed by atoms with E-state index in [1.807, 2.05) is 5.57 Å². The first-order valence-corrected chi connectivity index (χ1v) is 13.5. The van der Waals surface area contributed by atoms with Crippen LogP contribution in [0, 0.1) is 46.3 Å². The normalized spacial score (nSPS) is 46.5. The molecule has 160 valence electrons. The smallest absolute Gasteiger partial charge is 0.0183 e. The van der Waals surface area contributed by atoms with Gasteiger partial charge in [-0.15, -0.1) is 0 Å². The summed E-state index contributed by atoms with van der Waals surface area (Å²) < 4.78 is 0. The molecule has 8 atom stereocenters. The van der Waals surface area contributed by atoms with Crippen molar-refractivity contribution in [3.63, 3.8) is 0 Å². The van der Waals surface area contributed by atoms with Crippen LogP contribution < -0.4 is 0 Å². The monoisotopic (exact) mass is 448 g/mol. The lowest BCUT2D eigenvalue weighted by molar-refractivity contribution is -0.0496. The van der Waals surface area contributed by atoms with Crippen molar-refractivity contribution in [1.82, 2.24) is 0 Å². The van der Waals surface area contributed by atoms with Gasteiger partial charge in [0.05, 0.1) is 0 Å². The maximum absolute atomic E-state index is 3.93. The molecule has 0 aromatic rings. The number of hydrogen-bond acceptors (Lipinski definition) is 0. The summed E-state index contributed by atoms with van der Waals surface area (Å²) in [5, 5.41) is 0. The Balaban J connectivity index is 1.49. The highest BCUT2D eigenvalue weighted by atomic mass is 79.9. The second-order valence-electron chi connectivity index (χ2n) is 12.1. The molecule has 1 heteroatoms. The van der Waals surface area contributed by atoms with Crippen LogP contribution in [0.2, 0.25) is 0 Å². The third kappa shape index (κ3) is 3.58. The summed E-state index contributed by atoms with van der Waals surface area (Å²) >= 11 is 3.93. The van der Waals surface area contributed by atoms with Crippen molar-refractivity contribution in [2.45, 2.75) is 110 Å². The van der Waals surface area contributed by atoms with Gasteiger partial charge >= 0.3 is 0 Å². The molecule has 0 aliphatic heterocycles. The Labute approximate surface area is 183 Å². The molecule has 0 N–H and O–H groups in total. The van der Waals surface area contributed by atoms with Gasteiger partial charge < -0.3 is 0 Å². The molecule has 4 aliphatic carbocycles. The second kappa shape index (κ2) is 8.05. The molecule has 0 heterocycles. The molecule has 4 aliphatic rings. The maximum atomic E-state index is 3.93. The van der Waals surface area contributed by atoms with E-state index in [0.717, 1.165) is 40.3 Å². The van der Waals surface area contributed by atoms with Crippen molar-refractivity contribution >= 4 is 15.9 Å². The molecular formula is C27H45Br. The zero-order valence-corrected chi connectivity index (χ0v) is 20.9. The van der Waals surface area contributed by atoms with Crippen molar-refractivity contribution < 1.29 is 0 Å². The predicted octanol–water partition coefficient (Wildman–Crippen LogP) is 8.79. The Kier molecular flexibility index (Phi) is 6.17. The fraction of sp³-hybridized carbons (Fsp3) is 0.926. The van der Waals surface area contributed by atoms with Gasteiger partial charge in [-0.1, -0.05) is 81.5 Å². The lowest BCUT2D eigenvalue weighted by atomic mass is 9.47. The van der Waals surface area contributed by atoms with E-state index in [-0.39, 0.29) is 0 Å². The molecule has 0 spiro atoms. The van der Waals surface area contributed by atoms with E-state index in [1.54, 1.807) is 0 Å². The van der Waals surface area contributed by atoms with Crippen molar-refractivity contribution in [3.8, 4) is 0 Å². The van der Waals surface area contributed by atoms with Crippen LogP contribution in [0.5, 0.6) is 0 Å². The predicted molar refractivity (Wildman–Crippen MR) is 126 cm³/mol. The van der Waals surface area contributed by atoms with Gasteiger partial charge in [0.2, 0.25) is 0 Å². The first-order chi connectivity index (χ1) is 13.3. The molecular weight excluding hydrogens is 404 g/mol. The highest BCUT2D eigenvalue weighted by molar-refractivity contribution is 9.09. The molecule has 0 aromatic carbocycles. The fourth-order valence-corrected chi connectivity index (χ4v) is 9.22. The van der Waals surface area contributed by atoms with Crippen molar-refractivity contribution in [3.05, 3.63) is 11.6 Å². The molecule has 0 saturated heterocycles. The van der Waals surface area contributed by atoms with Crippen LogP contribution in [0.3, 0.4) is 0 Å². The summed E-state index contributed by atoms with van der Waals surface area (Å²) in [6.07, 6.45) is 18.6. The summed E-state index contributed by atoms with van der Waals surface area (Å²) in [5.74, 6) is 5.74. The van der Waals surface area contributed by atoms with Crippen molar-refractivity contribution in [2.75, 3.05) is 0 Å². The third-order valence-corrected chi connectivity index (χ3v) is 11.0. The van der Waals surface area contributed by atoms with E-state index in [1.165, 1.54) is 70.6 Å². The van der Waals surface area contributed by atoms with Crippen LogP contribution in [0.4, 0.5) is 0 Å². The minimum absolute atomic E-state index is 0.523. The molecule has 4 rings (SSSR count). The average Bonchev–Trinajstić information content (AvgIpc) is 2.99. The van der Waals surface area contributed by atoms with E-state index in [2.05, 4.69) is 56.6 Å². The largest absolute Gasteiger partial charge is 0.0887 e. The summed E-state index contributed by atoms with van der Waals surface area (Å²) in [5.41, 5.74) is 2.98. The SMILES string of the molecule is CC(C)CCC[C@H](C)[C@@H]1CC[C@@H]2[C@H]3CC=C4C[C@H](Br)CC[C@@]4(C)[C@@H]3CC[C@]21C. The van der Waals surface area contributed by atoms with Crippen LogP contribution in [-0.2, 0) is 0 Å². The van der Waals surface area contributed by atoms with Gasteiger partial charge in [0, 0.05) is 4.83 Å². The topological polar surface area (TPSA) is 0 Å². The molecule has 0 amide bonds. The number of halogens is 1. The Bertz CT molecular complexity index is 591. The van der Waals surface area contributed by atoms with Gasteiger partial charge in [0.1, 0.15) is 0 Å². The first-order valence-electron chi connectivity index (χ1n) is 12.6. The average molecular weight is 450 g/mol. The standard InChI is InChI=1S/C27H45Br/c1-18(2)7-6-8-19(3)23-11-12-24-22-10-9-20-17-21(28)13-15-26(20,4)25(22)14-16-27(23,24)5/h9,18-19,21-25H,6-8,10-17H2,1-5H3/t19-,21+,22+,23-,24+,25+,26+,27-/m0/s1. The molecule has 0 radical (unpaired) electrons. The molecule has 0 nitrogen and oxygen atoms in total. The fourth-order valence-electron chi connectivity index (χ4n) is 8.64. The van der Waals surface area contributed by atoms with Crippen LogP contribution in [0.1, 0.15) is 105 Å². The molecule has 3 saturated carbocycles. The number of alkyl halides is 1. The van der Waals surface area contributed by atoms with Crippen LogP contribution >= 0.6 is 15.9 Å². The van der Waals surface area contributed by atoms with Gasteiger partial charge in [0.25, 0.3) is 0 Å². The second-order valence-corrected chi connectivity index (χ2v) is 13.4. The van der Waals surface area contributed by atoms with Gasteiger partial charge in [0.15, 0.2) is 0 Å². The quantitative estimate of drug-likeness (QED) is 0.291. The lowest BCUT2D eigenvalue weighted by Gasteiger charge is -2.58. The van der Waals surface area contributed by atoms with Crippen molar-refractivity contribution in [2.24, 2.45) is 46.3 Å². The zero-order chi connectivity index (χ0) is 20.1. The molecule has 0 bridgehead atoms. The summed E-state index contributed by atoms with van der Waals surface area (Å²) in [6.45, 7) is 12.7. The number of hydrogen-bond donors (Lipinski definition) is 0. The van der Waals surface area contributed by atoms with E-state index < -0.39 is 0 Å². The lowest BCUT2D eigenvalue weighted by Crippen LogP contribution is -2.50. The molecule has 3 fully saturated rings. The Morgan fingerprint density at radius 1 is 1.00 bits per heavy atom. The minimum Gasteiger partial charge on any atom is -0.0887 e. The zero-order valence-electron chi connectivity index (χ0n) is 19.3. The van der Waals surface area contributed by atoms with Gasteiger partial charge in [-0.25, -0.2) is 0 Å². The summed E-state index contributed by atoms with van der Waals surface area (Å²) in [4.78, 5) is 0.736. The van der Waals surface area contributed by atoms with E-state index in [4.69, 9.17) is 0 Å². The van der Waals surface area contributed by atoms with E-state index in [0.29, 0.717) is 10.8 Å². The number of allylic oxidation sites excluding steroid dienone is 2. The minimum atomic E-state index is 0.523. The summed E-state index contributed by atoms with van der Waals surface area (Å²) in [7, 11) is 0. The Hall–Kier alpha value is 0.220. The Morgan fingerprint density at radius 2 is 1.79 bits per heavy atom. The highest BCUT2D eigenvalue weighted by Gasteiger charge is 2.58. The Morgan fingerprint density at radius 3 is 2.54 bits per heavy atom. The molecule has 0 unspecified atom stereocenters. The van der Waals surface area contributed by atoms with E-state index in [9.17, 15) is 0 Å². The number of fused-ring (bicyclic) bond motifs is 5. The molecule has 28 heavy (non-hydrogen) atoms. The third-order valence-electron chi connectivity index (χ3n) is 10.2. The molecule has 0 aromatic heterocycles. The van der Waals surface area contributed by atoms with Crippen LogP contribution in [-0.4, -0.2) is 4.83 Å². The van der Waals surface area contributed by atoms with Crippen LogP contribution in [0.15, 0.2) is 11.6 Å². The maximum Gasteiger partial charge on any atom is 0.0183 e. The van der Waals surface area contributed by atoms with Gasteiger partial charge in [-0.05, 0) is 97.7 Å². The van der Waals surface area contributed by atoms with E-state index >= 15 is 0 Å². The summed E-state index contributed by atoms with van der Waals surface area (Å²) in [6, 6.07) is 0. The van der Waals surface area contributed by atoms with Crippen molar-refractivity contribution in [1.29, 1.82) is 0 Å². The van der Waals surface area contributed by atoms with Crippen LogP contribution in [0.25, 0.3) is 0 Å². The van der Waals surface area contributed by atoms with Gasteiger partial charge in [-0.2, -0.15) is 0 Å². The first kappa shape index (κ1) is 21.5.